The quantitative estimate of drug-likeness (QED) is 0.205. The van der Waals surface area contributed by atoms with Crippen molar-refractivity contribution in [3.8, 4) is 54.5 Å². The molecule has 0 atom stereocenters. The molecule has 4 heteroatoms. The molecule has 0 aliphatic rings. The summed E-state index contributed by atoms with van der Waals surface area (Å²) >= 11 is 3.55. The molecule has 8 aromatic rings. The van der Waals surface area contributed by atoms with Gasteiger partial charge in [-0.2, -0.15) is 5.10 Å². The molecule has 194 valence electrons. The number of fused-ring (bicyclic) bond motifs is 3. The number of nitrogens with zero attached hydrogens (tertiary/aromatic N) is 2. The number of hydrogen-bond donors (Lipinski definition) is 0. The Hall–Kier alpha value is -4.77. The second kappa shape index (κ2) is 10.0. The molecule has 0 radical (unpaired) electrons. The highest BCUT2D eigenvalue weighted by molar-refractivity contribution is 7.14. The van der Waals surface area contributed by atoms with Crippen molar-refractivity contribution in [1.82, 2.24) is 9.61 Å². The van der Waals surface area contributed by atoms with Gasteiger partial charge in [-0.25, -0.2) is 4.52 Å². The smallest absolute Gasteiger partial charge is 0.101 e. The van der Waals surface area contributed by atoms with E-state index in [2.05, 4.69) is 149 Å². The van der Waals surface area contributed by atoms with Crippen molar-refractivity contribution in [2.45, 2.75) is 0 Å². The normalized spacial score (nSPS) is 11.4. The van der Waals surface area contributed by atoms with Crippen molar-refractivity contribution in [3.63, 3.8) is 0 Å². The zero-order chi connectivity index (χ0) is 27.2. The van der Waals surface area contributed by atoms with E-state index >= 15 is 0 Å². The van der Waals surface area contributed by atoms with E-state index in [-0.39, 0.29) is 0 Å². The second-order valence-electron chi connectivity index (χ2n) is 10.1. The summed E-state index contributed by atoms with van der Waals surface area (Å²) in [5.74, 6) is 0. The summed E-state index contributed by atoms with van der Waals surface area (Å²) in [5, 5.41) is 12.1. The monoisotopic (exact) mass is 560 g/mol. The van der Waals surface area contributed by atoms with Crippen LogP contribution in [0.2, 0.25) is 0 Å². The molecule has 0 aliphatic carbocycles. The van der Waals surface area contributed by atoms with Crippen LogP contribution in [0.1, 0.15) is 0 Å². The number of pyridine rings is 1. The van der Waals surface area contributed by atoms with Crippen molar-refractivity contribution in [2.24, 2.45) is 0 Å². The van der Waals surface area contributed by atoms with Gasteiger partial charge in [0.2, 0.25) is 0 Å². The van der Waals surface area contributed by atoms with E-state index in [4.69, 9.17) is 5.10 Å². The molecular formula is C37H24N2S2. The number of hydrogen-bond acceptors (Lipinski definition) is 3. The average molecular weight is 561 g/mol. The van der Waals surface area contributed by atoms with Crippen molar-refractivity contribution in [2.75, 3.05) is 0 Å². The third kappa shape index (κ3) is 4.20. The average Bonchev–Trinajstić information content (AvgIpc) is 3.83. The largest absolute Gasteiger partial charge is 0.231 e. The third-order valence-electron chi connectivity index (χ3n) is 7.57. The number of thiophene rings is 2. The minimum Gasteiger partial charge on any atom is -0.231 e. The van der Waals surface area contributed by atoms with Crippen LogP contribution in [0.5, 0.6) is 0 Å². The molecule has 4 aromatic heterocycles. The molecule has 41 heavy (non-hydrogen) atoms. The Labute approximate surface area is 246 Å². The predicted octanol–water partition coefficient (Wildman–Crippen LogP) is 10.9. The molecule has 0 N–H and O–H groups in total. The van der Waals surface area contributed by atoms with Crippen LogP contribution in [0.4, 0.5) is 0 Å². The van der Waals surface area contributed by atoms with Crippen molar-refractivity contribution in [1.29, 1.82) is 0 Å². The Morgan fingerprint density at radius 3 is 1.71 bits per heavy atom. The third-order valence-corrected chi connectivity index (χ3v) is 9.41. The van der Waals surface area contributed by atoms with E-state index in [1.54, 1.807) is 22.7 Å². The SMILES string of the molecule is c1ccc(-c2nn3c(-c4ccccc4)cc4ccccc4c3c2-c2cc(-c3cccs3)cc(-c3cccs3)c2)cc1. The fourth-order valence-corrected chi connectivity index (χ4v) is 7.15. The van der Waals surface area contributed by atoms with Crippen LogP contribution in [0.3, 0.4) is 0 Å². The molecule has 2 nitrogen and oxygen atoms in total. The summed E-state index contributed by atoms with van der Waals surface area (Å²) in [4.78, 5) is 2.52. The van der Waals surface area contributed by atoms with Gasteiger partial charge in [0.25, 0.3) is 0 Å². The van der Waals surface area contributed by atoms with Gasteiger partial charge in [-0.3, -0.25) is 0 Å². The highest BCUT2D eigenvalue weighted by Gasteiger charge is 2.22. The van der Waals surface area contributed by atoms with E-state index in [0.29, 0.717) is 0 Å². The molecule has 0 spiro atoms. The maximum atomic E-state index is 5.39. The summed E-state index contributed by atoms with van der Waals surface area (Å²) in [6.45, 7) is 0. The Morgan fingerprint density at radius 2 is 1.07 bits per heavy atom. The van der Waals surface area contributed by atoms with E-state index in [1.807, 2.05) is 0 Å². The molecule has 4 heterocycles. The lowest BCUT2D eigenvalue weighted by Gasteiger charge is -2.12. The fourth-order valence-electron chi connectivity index (χ4n) is 5.72. The van der Waals surface area contributed by atoms with Crippen molar-refractivity contribution >= 4 is 39.0 Å². The van der Waals surface area contributed by atoms with Crippen LogP contribution in [0.25, 0.3) is 70.8 Å². The molecule has 0 bridgehead atoms. The van der Waals surface area contributed by atoms with Gasteiger partial charge in [-0.15, -0.1) is 22.7 Å². The number of rotatable bonds is 5. The zero-order valence-corrected chi connectivity index (χ0v) is 23.7. The molecule has 0 unspecified atom stereocenters. The summed E-state index contributed by atoms with van der Waals surface area (Å²) in [5.41, 5.74) is 10.2. The van der Waals surface area contributed by atoms with Gasteiger partial charge in [-0.1, -0.05) is 97.1 Å². The molecular weight excluding hydrogens is 537 g/mol. The summed E-state index contributed by atoms with van der Waals surface area (Å²) < 4.78 is 2.16. The van der Waals surface area contributed by atoms with Gasteiger partial charge in [0.15, 0.2) is 0 Å². The molecule has 0 fully saturated rings. The van der Waals surface area contributed by atoms with E-state index in [1.165, 1.54) is 37.2 Å². The van der Waals surface area contributed by atoms with E-state index in [9.17, 15) is 0 Å². The summed E-state index contributed by atoms with van der Waals surface area (Å²) in [6.07, 6.45) is 0. The van der Waals surface area contributed by atoms with Crippen LogP contribution in [-0.4, -0.2) is 9.61 Å². The predicted molar refractivity (Wildman–Crippen MR) is 176 cm³/mol. The maximum Gasteiger partial charge on any atom is 0.101 e. The van der Waals surface area contributed by atoms with Gasteiger partial charge < -0.3 is 0 Å². The van der Waals surface area contributed by atoms with E-state index in [0.717, 1.165) is 33.6 Å². The van der Waals surface area contributed by atoms with Gasteiger partial charge in [0, 0.05) is 31.8 Å². The van der Waals surface area contributed by atoms with Gasteiger partial charge in [-0.05, 0) is 69.2 Å². The van der Waals surface area contributed by atoms with Gasteiger partial charge in [0.05, 0.1) is 11.2 Å². The topological polar surface area (TPSA) is 17.3 Å². The lowest BCUT2D eigenvalue weighted by molar-refractivity contribution is 0.979. The Kier molecular flexibility index (Phi) is 5.87. The van der Waals surface area contributed by atoms with Crippen LogP contribution >= 0.6 is 22.7 Å². The lowest BCUT2D eigenvalue weighted by atomic mass is 9.93. The first-order valence-electron chi connectivity index (χ1n) is 13.6. The van der Waals surface area contributed by atoms with Crippen molar-refractivity contribution in [3.05, 3.63) is 144 Å². The van der Waals surface area contributed by atoms with Gasteiger partial charge in [0.1, 0.15) is 5.69 Å². The summed E-state index contributed by atoms with van der Waals surface area (Å²) in [6, 6.07) is 47.8. The van der Waals surface area contributed by atoms with Gasteiger partial charge >= 0.3 is 0 Å². The molecule has 0 amide bonds. The number of benzene rings is 4. The highest BCUT2D eigenvalue weighted by atomic mass is 32.1. The molecule has 0 saturated carbocycles. The maximum absolute atomic E-state index is 5.39. The lowest BCUT2D eigenvalue weighted by Crippen LogP contribution is -1.95. The Balaban J connectivity index is 1.53. The van der Waals surface area contributed by atoms with Crippen LogP contribution in [-0.2, 0) is 0 Å². The van der Waals surface area contributed by atoms with Crippen LogP contribution in [0, 0.1) is 0 Å². The first kappa shape index (κ1) is 24.1. The van der Waals surface area contributed by atoms with Crippen molar-refractivity contribution < 1.29 is 0 Å². The first-order valence-corrected chi connectivity index (χ1v) is 15.4. The molecule has 0 aliphatic heterocycles. The molecule has 4 aromatic carbocycles. The standard InChI is InChI=1S/C37H24N2S2/c1-3-11-25(12-4-1)32-24-27-15-7-8-16-31(27)37-35(36(38-39(32)37)26-13-5-2-6-14-26)30-22-28(33-17-9-19-40-33)21-29(23-30)34-18-10-20-41-34/h1-24H. The second-order valence-corrected chi connectivity index (χ2v) is 12.0. The molecule has 0 saturated heterocycles. The zero-order valence-electron chi connectivity index (χ0n) is 22.1. The minimum absolute atomic E-state index is 0.986. The van der Waals surface area contributed by atoms with Crippen LogP contribution < -0.4 is 0 Å². The first-order chi connectivity index (χ1) is 20.3. The Bertz CT molecular complexity index is 2070. The minimum atomic E-state index is 0.986. The van der Waals surface area contributed by atoms with Crippen LogP contribution in [0.15, 0.2) is 144 Å². The Morgan fingerprint density at radius 1 is 0.488 bits per heavy atom. The molecule has 8 rings (SSSR count). The number of aromatic nitrogens is 2. The fraction of sp³-hybridized carbons (Fsp3) is 0. The summed E-state index contributed by atoms with van der Waals surface area (Å²) in [7, 11) is 0. The van der Waals surface area contributed by atoms with E-state index < -0.39 is 0 Å². The highest BCUT2D eigenvalue weighted by Crippen LogP contribution is 2.44.